The maximum atomic E-state index is 6.46. The van der Waals surface area contributed by atoms with Crippen molar-refractivity contribution in [2.24, 2.45) is 17.6 Å². The van der Waals surface area contributed by atoms with Crippen LogP contribution in [0, 0.1) is 11.8 Å². The highest BCUT2D eigenvalue weighted by Crippen LogP contribution is 2.60. The summed E-state index contributed by atoms with van der Waals surface area (Å²) in [5.41, 5.74) is 7.98. The predicted octanol–water partition coefficient (Wildman–Crippen LogP) is 3.12. The minimum atomic E-state index is 0.138. The molecule has 2 N–H and O–H groups in total. The summed E-state index contributed by atoms with van der Waals surface area (Å²) in [5, 5.41) is 0. The first kappa shape index (κ1) is 9.86. The number of halogens is 1. The molecule has 0 saturated heterocycles. The molecule has 80 valence electrons. The summed E-state index contributed by atoms with van der Waals surface area (Å²) < 4.78 is 1.16. The van der Waals surface area contributed by atoms with Crippen molar-refractivity contribution in [1.29, 1.82) is 0 Å². The van der Waals surface area contributed by atoms with Crippen LogP contribution < -0.4 is 5.73 Å². The molecular weight excluding hydrogens is 250 g/mol. The zero-order chi connectivity index (χ0) is 10.5. The third-order valence-corrected chi connectivity index (χ3v) is 4.68. The maximum absolute atomic E-state index is 6.46. The summed E-state index contributed by atoms with van der Waals surface area (Å²) in [6.07, 6.45) is 5.17. The summed E-state index contributed by atoms with van der Waals surface area (Å²) >= 11 is 3.51. The number of hydrogen-bond acceptors (Lipinski definition) is 1. The van der Waals surface area contributed by atoms with Crippen molar-refractivity contribution in [2.45, 2.75) is 31.2 Å². The smallest absolute Gasteiger partial charge is 0.0259 e. The van der Waals surface area contributed by atoms with Crippen molar-refractivity contribution >= 4 is 15.9 Å². The third-order valence-electron chi connectivity index (χ3n) is 4.19. The van der Waals surface area contributed by atoms with E-state index in [0.29, 0.717) is 0 Å². The van der Waals surface area contributed by atoms with Crippen molar-refractivity contribution in [3.05, 3.63) is 34.3 Å². The lowest BCUT2D eigenvalue weighted by Crippen LogP contribution is -2.31. The molecule has 0 aliphatic heterocycles. The van der Waals surface area contributed by atoms with Gasteiger partial charge in [-0.15, -0.1) is 0 Å². The Morgan fingerprint density at radius 2 is 2.07 bits per heavy atom. The van der Waals surface area contributed by atoms with Gasteiger partial charge in [0.2, 0.25) is 0 Å². The Morgan fingerprint density at radius 3 is 2.73 bits per heavy atom. The topological polar surface area (TPSA) is 26.0 Å². The van der Waals surface area contributed by atoms with Gasteiger partial charge in [-0.2, -0.15) is 0 Å². The van der Waals surface area contributed by atoms with E-state index in [9.17, 15) is 0 Å². The van der Waals surface area contributed by atoms with Crippen molar-refractivity contribution in [3.8, 4) is 0 Å². The Balaban J connectivity index is 1.76. The van der Waals surface area contributed by atoms with Crippen molar-refractivity contribution in [3.63, 3.8) is 0 Å². The molecule has 2 unspecified atom stereocenters. The molecule has 1 nitrogen and oxygen atoms in total. The van der Waals surface area contributed by atoms with Crippen LogP contribution in [0.25, 0.3) is 0 Å². The summed E-state index contributed by atoms with van der Waals surface area (Å²) in [4.78, 5) is 0. The SMILES string of the molecule is NC1(Cc2cccc(Br)c2)C2CCCC21. The van der Waals surface area contributed by atoms with Gasteiger partial charge in [-0.25, -0.2) is 0 Å². The quantitative estimate of drug-likeness (QED) is 0.874. The van der Waals surface area contributed by atoms with Crippen LogP contribution in [0.15, 0.2) is 28.7 Å². The molecule has 1 aromatic carbocycles. The van der Waals surface area contributed by atoms with Crippen LogP contribution in [0.4, 0.5) is 0 Å². The normalized spacial score (nSPS) is 37.7. The molecule has 2 aliphatic rings. The van der Waals surface area contributed by atoms with Crippen molar-refractivity contribution in [1.82, 2.24) is 0 Å². The van der Waals surface area contributed by atoms with E-state index in [1.165, 1.54) is 24.8 Å². The van der Waals surface area contributed by atoms with E-state index in [1.807, 2.05) is 0 Å². The fourth-order valence-electron chi connectivity index (χ4n) is 3.39. The standard InChI is InChI=1S/C13H16BrN/c14-10-4-1-3-9(7-10)8-13(15)11-5-2-6-12(11)13/h1,3-4,7,11-12H,2,5-6,8,15H2. The van der Waals surface area contributed by atoms with Crippen LogP contribution in [0.3, 0.4) is 0 Å². The highest BCUT2D eigenvalue weighted by atomic mass is 79.9. The average Bonchev–Trinajstić information content (AvgIpc) is 2.63. The molecule has 2 heteroatoms. The highest BCUT2D eigenvalue weighted by molar-refractivity contribution is 9.10. The molecule has 0 amide bonds. The first-order chi connectivity index (χ1) is 7.20. The van der Waals surface area contributed by atoms with E-state index in [1.54, 1.807) is 0 Å². The van der Waals surface area contributed by atoms with Crippen LogP contribution in [0.5, 0.6) is 0 Å². The first-order valence-electron chi connectivity index (χ1n) is 5.73. The number of nitrogens with two attached hydrogens (primary N) is 1. The fourth-order valence-corrected chi connectivity index (χ4v) is 3.84. The van der Waals surface area contributed by atoms with Crippen LogP contribution in [0.2, 0.25) is 0 Å². The third kappa shape index (κ3) is 1.55. The Hall–Kier alpha value is -0.340. The van der Waals surface area contributed by atoms with Crippen LogP contribution in [-0.4, -0.2) is 5.54 Å². The first-order valence-corrected chi connectivity index (χ1v) is 6.53. The van der Waals surface area contributed by atoms with Gasteiger partial charge in [0.15, 0.2) is 0 Å². The van der Waals surface area contributed by atoms with Crippen LogP contribution in [-0.2, 0) is 6.42 Å². The summed E-state index contributed by atoms with van der Waals surface area (Å²) in [6.45, 7) is 0. The van der Waals surface area contributed by atoms with Gasteiger partial charge in [0.05, 0.1) is 0 Å². The van der Waals surface area contributed by atoms with Gasteiger partial charge >= 0.3 is 0 Å². The molecule has 2 aliphatic carbocycles. The Labute approximate surface area is 99.2 Å². The molecule has 0 heterocycles. The van der Waals surface area contributed by atoms with Crippen LogP contribution >= 0.6 is 15.9 Å². The summed E-state index contributed by atoms with van der Waals surface area (Å²) in [6, 6.07) is 8.55. The lowest BCUT2D eigenvalue weighted by Gasteiger charge is -2.15. The van der Waals surface area contributed by atoms with E-state index in [4.69, 9.17) is 5.73 Å². The number of fused-ring (bicyclic) bond motifs is 1. The molecule has 1 aromatic rings. The number of rotatable bonds is 2. The fraction of sp³-hybridized carbons (Fsp3) is 0.538. The zero-order valence-corrected chi connectivity index (χ0v) is 10.3. The molecule has 0 aromatic heterocycles. The molecule has 3 rings (SSSR count). The van der Waals surface area contributed by atoms with Crippen molar-refractivity contribution in [2.75, 3.05) is 0 Å². The number of benzene rings is 1. The second-order valence-electron chi connectivity index (χ2n) is 5.06. The summed E-state index contributed by atoms with van der Waals surface area (Å²) in [5.74, 6) is 1.63. The maximum Gasteiger partial charge on any atom is 0.0259 e. The second kappa shape index (κ2) is 3.33. The molecule has 15 heavy (non-hydrogen) atoms. The van der Waals surface area contributed by atoms with Gasteiger partial charge in [0, 0.05) is 10.0 Å². The van der Waals surface area contributed by atoms with Gasteiger partial charge in [0.1, 0.15) is 0 Å². The molecule has 0 bridgehead atoms. The minimum Gasteiger partial charge on any atom is -0.324 e. The molecule has 2 atom stereocenters. The van der Waals surface area contributed by atoms with E-state index < -0.39 is 0 Å². The second-order valence-corrected chi connectivity index (χ2v) is 5.98. The van der Waals surface area contributed by atoms with E-state index in [-0.39, 0.29) is 5.54 Å². The van der Waals surface area contributed by atoms with E-state index >= 15 is 0 Å². The molecule has 0 spiro atoms. The molecule has 2 fully saturated rings. The lowest BCUT2D eigenvalue weighted by atomic mass is 9.97. The average molecular weight is 266 g/mol. The van der Waals surface area contributed by atoms with Gasteiger partial charge in [-0.1, -0.05) is 34.5 Å². The van der Waals surface area contributed by atoms with Crippen LogP contribution in [0.1, 0.15) is 24.8 Å². The summed E-state index contributed by atoms with van der Waals surface area (Å²) in [7, 11) is 0. The predicted molar refractivity (Wildman–Crippen MR) is 65.6 cm³/mol. The monoisotopic (exact) mass is 265 g/mol. The van der Waals surface area contributed by atoms with Gasteiger partial charge in [-0.05, 0) is 48.8 Å². The van der Waals surface area contributed by atoms with Gasteiger partial charge < -0.3 is 5.73 Å². The largest absolute Gasteiger partial charge is 0.324 e. The number of hydrogen-bond donors (Lipinski definition) is 1. The Kier molecular flexibility index (Phi) is 2.18. The molecule has 2 saturated carbocycles. The molecule has 0 radical (unpaired) electrons. The minimum absolute atomic E-state index is 0.138. The zero-order valence-electron chi connectivity index (χ0n) is 8.75. The Morgan fingerprint density at radius 1 is 1.33 bits per heavy atom. The van der Waals surface area contributed by atoms with E-state index in [0.717, 1.165) is 22.7 Å². The van der Waals surface area contributed by atoms with Gasteiger partial charge in [0.25, 0.3) is 0 Å². The highest BCUT2D eigenvalue weighted by Gasteiger charge is 2.62. The van der Waals surface area contributed by atoms with E-state index in [2.05, 4.69) is 40.2 Å². The van der Waals surface area contributed by atoms with Crippen molar-refractivity contribution < 1.29 is 0 Å². The lowest BCUT2D eigenvalue weighted by molar-refractivity contribution is 0.501. The van der Waals surface area contributed by atoms with Gasteiger partial charge in [-0.3, -0.25) is 0 Å². The molecular formula is C13H16BrN. The Bertz CT molecular complexity index is 378.